The Morgan fingerprint density at radius 3 is 2.83 bits per heavy atom. The molecule has 0 amide bonds. The van der Waals surface area contributed by atoms with Gasteiger partial charge in [0.2, 0.25) is 5.95 Å². The molecule has 1 fully saturated rings. The molecule has 0 aliphatic carbocycles. The summed E-state index contributed by atoms with van der Waals surface area (Å²) in [5, 5.41) is 3.22. The zero-order valence-corrected chi connectivity index (χ0v) is 20.6. The first-order valence-electron chi connectivity index (χ1n) is 11.2. The molecule has 0 bridgehead atoms. The van der Waals surface area contributed by atoms with Crippen LogP contribution in [0.1, 0.15) is 13.8 Å². The van der Waals surface area contributed by atoms with E-state index in [9.17, 15) is 18.4 Å². The number of alkyl halides is 2. The number of hydrogen-bond acceptors (Lipinski definition) is 9. The van der Waals surface area contributed by atoms with Gasteiger partial charge in [0.1, 0.15) is 16.3 Å². The van der Waals surface area contributed by atoms with Crippen molar-refractivity contribution in [3.63, 3.8) is 0 Å². The highest BCUT2D eigenvalue weighted by Gasteiger charge is 2.48. The van der Waals surface area contributed by atoms with E-state index in [1.54, 1.807) is 31.0 Å². The third-order valence-electron chi connectivity index (χ3n) is 5.95. The number of rotatable bonds is 7. The topological polar surface area (TPSA) is 140 Å². The number of aromatic nitrogens is 4. The maximum atomic E-state index is 14.2. The molecule has 0 saturated carbocycles. The maximum Gasteiger partial charge on any atom is 0.344 e. The van der Waals surface area contributed by atoms with Crippen molar-refractivity contribution in [1.82, 2.24) is 19.5 Å². The molecule has 4 rings (SSSR count). The molecule has 2 aromatic heterocycles. The summed E-state index contributed by atoms with van der Waals surface area (Å²) in [6.07, 6.45) is 1.36. The third-order valence-corrected chi connectivity index (χ3v) is 6.22. The predicted octanol–water partition coefficient (Wildman–Crippen LogP) is 2.41. The molecule has 14 heteroatoms. The molecule has 1 saturated heterocycles. The van der Waals surface area contributed by atoms with E-state index in [4.69, 9.17) is 26.8 Å². The zero-order valence-electron chi connectivity index (χ0n) is 19.8. The minimum Gasteiger partial charge on any atom is -0.480 e. The maximum absolute atomic E-state index is 14.2. The van der Waals surface area contributed by atoms with Crippen LogP contribution < -0.4 is 26.4 Å². The fourth-order valence-electron chi connectivity index (χ4n) is 4.02. The normalized spacial score (nSPS) is 19.4. The largest absolute Gasteiger partial charge is 0.480 e. The van der Waals surface area contributed by atoms with Gasteiger partial charge in [0.25, 0.3) is 5.92 Å². The number of halogens is 3. The number of esters is 1. The van der Waals surface area contributed by atoms with Crippen LogP contribution in [0.25, 0.3) is 11.0 Å². The highest BCUT2D eigenvalue weighted by atomic mass is 35.5. The van der Waals surface area contributed by atoms with Crippen LogP contribution in [0, 0.1) is 5.92 Å². The molecule has 1 aromatic carbocycles. The predicted molar refractivity (Wildman–Crippen MR) is 130 cm³/mol. The molecule has 0 spiro atoms. The van der Waals surface area contributed by atoms with Crippen molar-refractivity contribution in [1.29, 1.82) is 0 Å². The number of ether oxygens (including phenoxy) is 2. The first kappa shape index (κ1) is 25.6. The fraction of sp³-hybridized carbons (Fsp3) is 0.455. The van der Waals surface area contributed by atoms with Crippen LogP contribution in [0.15, 0.2) is 23.1 Å². The summed E-state index contributed by atoms with van der Waals surface area (Å²) in [4.78, 5) is 36.9. The lowest BCUT2D eigenvalue weighted by atomic mass is 9.92. The average Bonchev–Trinajstić information content (AvgIpc) is 3.11. The quantitative estimate of drug-likeness (QED) is 0.396. The van der Waals surface area contributed by atoms with Gasteiger partial charge in [-0.15, -0.1) is 0 Å². The molecular weight excluding hydrogens is 500 g/mol. The summed E-state index contributed by atoms with van der Waals surface area (Å²) in [5.74, 6) is -3.92. The van der Waals surface area contributed by atoms with Crippen LogP contribution >= 0.6 is 11.6 Å². The van der Waals surface area contributed by atoms with E-state index in [0.717, 1.165) is 0 Å². The molecule has 1 aliphatic rings. The number of benzene rings is 1. The molecule has 1 aliphatic heterocycles. The van der Waals surface area contributed by atoms with E-state index in [0.29, 0.717) is 16.7 Å². The van der Waals surface area contributed by atoms with Crippen LogP contribution in [0.2, 0.25) is 5.02 Å². The summed E-state index contributed by atoms with van der Waals surface area (Å²) in [6.45, 7) is 2.85. The highest BCUT2D eigenvalue weighted by Crippen LogP contribution is 2.35. The van der Waals surface area contributed by atoms with Crippen molar-refractivity contribution in [2.24, 2.45) is 18.7 Å². The van der Waals surface area contributed by atoms with E-state index >= 15 is 0 Å². The fourth-order valence-corrected chi connectivity index (χ4v) is 4.16. The number of aryl methyl sites for hydroxylation is 1. The van der Waals surface area contributed by atoms with Crippen molar-refractivity contribution in [2.45, 2.75) is 25.8 Å². The van der Waals surface area contributed by atoms with Gasteiger partial charge in [-0.3, -0.25) is 4.57 Å². The molecule has 4 N–H and O–H groups in total. The number of nitrogens with two attached hydrogens (primary N) is 1. The van der Waals surface area contributed by atoms with Crippen molar-refractivity contribution in [3.8, 4) is 5.75 Å². The number of H-pyrrole nitrogens is 1. The highest BCUT2D eigenvalue weighted by molar-refractivity contribution is 6.32. The molecular formula is C22H26ClF2N7O4. The van der Waals surface area contributed by atoms with Gasteiger partial charge in [0.15, 0.2) is 12.4 Å². The van der Waals surface area contributed by atoms with Gasteiger partial charge < -0.3 is 30.4 Å². The lowest BCUT2D eigenvalue weighted by Crippen LogP contribution is -2.60. The molecule has 194 valence electrons. The second-order valence-electron chi connectivity index (χ2n) is 8.53. The van der Waals surface area contributed by atoms with Crippen molar-refractivity contribution in [3.05, 3.63) is 33.8 Å². The number of imidazole rings is 1. The van der Waals surface area contributed by atoms with E-state index in [2.05, 4.69) is 20.3 Å². The van der Waals surface area contributed by atoms with Gasteiger partial charge in [-0.05, 0) is 13.0 Å². The molecule has 36 heavy (non-hydrogen) atoms. The summed E-state index contributed by atoms with van der Waals surface area (Å²) >= 11 is 6.31. The van der Waals surface area contributed by atoms with Crippen molar-refractivity contribution in [2.75, 3.05) is 36.5 Å². The van der Waals surface area contributed by atoms with Crippen LogP contribution in [-0.4, -0.2) is 63.8 Å². The van der Waals surface area contributed by atoms with E-state index < -0.39 is 23.9 Å². The number of aromatic amines is 1. The van der Waals surface area contributed by atoms with Gasteiger partial charge in [0, 0.05) is 37.8 Å². The van der Waals surface area contributed by atoms with Crippen LogP contribution in [0.5, 0.6) is 5.75 Å². The number of nitrogens with one attached hydrogen (secondary N) is 2. The van der Waals surface area contributed by atoms with Crippen LogP contribution in [-0.2, 0) is 16.6 Å². The Hall–Kier alpha value is -3.45. The minimum atomic E-state index is -2.99. The number of anilines is 3. The molecule has 2 atom stereocenters. The van der Waals surface area contributed by atoms with Gasteiger partial charge in [0.05, 0.1) is 24.4 Å². The molecule has 0 radical (unpaired) electrons. The SMILES string of the molecule is CCOC(=O)COc1cc(Nc2nc(N3C[C@@H](C)C(F)(F)[C@@H](N)C3)ncc2Cl)cc2[nH]c(=O)n(C)c12. The first-order chi connectivity index (χ1) is 17.0. The van der Waals surface area contributed by atoms with Crippen molar-refractivity contribution < 1.29 is 23.0 Å². The Balaban J connectivity index is 1.64. The number of carbonyl (C=O) groups is 1. The third kappa shape index (κ3) is 4.93. The van der Waals surface area contributed by atoms with E-state index in [-0.39, 0.29) is 54.5 Å². The summed E-state index contributed by atoms with van der Waals surface area (Å²) in [5.41, 5.74) is 6.65. The van der Waals surface area contributed by atoms with E-state index in [1.165, 1.54) is 17.7 Å². The lowest BCUT2D eigenvalue weighted by molar-refractivity contribution is -0.145. The molecule has 11 nitrogen and oxygen atoms in total. The zero-order chi connectivity index (χ0) is 26.2. The van der Waals surface area contributed by atoms with Gasteiger partial charge >= 0.3 is 11.7 Å². The standard InChI is InChI=1S/C22H26ClF2N7O4/c1-4-35-17(33)10-36-15-6-12(5-14-18(15)31(3)21(34)29-14)28-19-13(23)7-27-20(30-19)32-8-11(2)22(24,25)16(26)9-32/h5-7,11,16H,4,8-10,26H2,1-3H3,(H,29,34)(H,27,28,30)/t11-,16+/m1/s1. The smallest absolute Gasteiger partial charge is 0.344 e. The van der Waals surface area contributed by atoms with Crippen molar-refractivity contribution >= 4 is 46.1 Å². The Morgan fingerprint density at radius 1 is 1.39 bits per heavy atom. The number of hydrogen-bond donors (Lipinski definition) is 3. The number of piperidine rings is 1. The van der Waals surface area contributed by atoms with E-state index in [1.807, 2.05) is 0 Å². The Kier molecular flexibility index (Phi) is 7.05. The second-order valence-corrected chi connectivity index (χ2v) is 8.94. The molecule has 3 aromatic rings. The average molecular weight is 526 g/mol. The Morgan fingerprint density at radius 2 is 2.14 bits per heavy atom. The van der Waals surface area contributed by atoms with Gasteiger partial charge in [-0.1, -0.05) is 18.5 Å². The summed E-state index contributed by atoms with van der Waals surface area (Å²) in [7, 11) is 1.56. The Bertz CT molecular complexity index is 1330. The molecule has 3 heterocycles. The van der Waals surface area contributed by atoms with Crippen LogP contribution in [0.3, 0.4) is 0 Å². The summed E-state index contributed by atoms with van der Waals surface area (Å²) < 4.78 is 40.2. The number of carbonyl (C=O) groups excluding carboxylic acids is 1. The van der Waals surface area contributed by atoms with Gasteiger partial charge in [-0.25, -0.2) is 23.4 Å². The molecule has 0 unspecified atom stereocenters. The monoisotopic (exact) mass is 525 g/mol. The second kappa shape index (κ2) is 9.90. The van der Waals surface area contributed by atoms with Gasteiger partial charge in [-0.2, -0.15) is 4.98 Å². The first-order valence-corrected chi connectivity index (χ1v) is 11.6. The number of nitrogens with zero attached hydrogens (tertiary/aromatic N) is 4. The lowest BCUT2D eigenvalue weighted by Gasteiger charge is -2.40. The Labute approximate surface area is 209 Å². The summed E-state index contributed by atoms with van der Waals surface area (Å²) in [6, 6.07) is 1.85. The number of fused-ring (bicyclic) bond motifs is 1. The van der Waals surface area contributed by atoms with Crippen LogP contribution in [0.4, 0.5) is 26.2 Å². The minimum absolute atomic E-state index is 0.0187.